The molecule has 0 aromatic heterocycles. The molecule has 0 bridgehead atoms. The molecule has 0 atom stereocenters. The first-order chi connectivity index (χ1) is 26.6. The van der Waals surface area contributed by atoms with E-state index in [1.165, 1.54) is 93.9 Å². The quantitative estimate of drug-likeness (QED) is 0.104. The van der Waals surface area contributed by atoms with Crippen molar-refractivity contribution in [2.24, 2.45) is 0 Å². The maximum Gasteiger partial charge on any atom is -0.00956 e. The average molecular weight is 695 g/mol. The smallest absolute Gasteiger partial charge is 0.00956 e. The van der Waals surface area contributed by atoms with Gasteiger partial charge in [-0.2, -0.15) is 0 Å². The van der Waals surface area contributed by atoms with Gasteiger partial charge in [0.05, 0.1) is 0 Å². The van der Waals surface area contributed by atoms with E-state index in [0.29, 0.717) is 0 Å². The van der Waals surface area contributed by atoms with Gasteiger partial charge in [-0.05, 0) is 151 Å². The predicted molar refractivity (Wildman–Crippen MR) is 238 cm³/mol. The standard InChI is InChI=1S/C54H46/c1-5-9-18-38(8-4)40-29-33-42(34-30-40)44-20-11-13-22-46(44)52-36-54-49-25-16-14-23-47(49)51(35-53(54)50-26-17-15-24-48(50)52)45-21-12-10-19-43(45)41-31-27-39(28-32-41)37(6-2)7-3/h5-9,11,13-16,18-25,27-36H,1-2,10,12,17,26H2,3-4H3/b18-9-,37-7+,38-8+. The zero-order valence-electron chi connectivity index (χ0n) is 31.4. The lowest BCUT2D eigenvalue weighted by Gasteiger charge is -2.24. The van der Waals surface area contributed by atoms with E-state index in [-0.39, 0.29) is 0 Å². The Morgan fingerprint density at radius 1 is 0.556 bits per heavy atom. The Morgan fingerprint density at radius 3 is 1.89 bits per heavy atom. The molecule has 0 spiro atoms. The van der Waals surface area contributed by atoms with E-state index in [4.69, 9.17) is 0 Å². The molecule has 0 nitrogen and oxygen atoms in total. The van der Waals surface area contributed by atoms with Crippen LogP contribution in [0.5, 0.6) is 0 Å². The van der Waals surface area contributed by atoms with Crippen molar-refractivity contribution in [3.05, 3.63) is 210 Å². The lowest BCUT2D eigenvalue weighted by Crippen LogP contribution is -2.02. The minimum atomic E-state index is 1.02. The summed E-state index contributed by atoms with van der Waals surface area (Å²) in [5, 5.41) is 5.30. The highest BCUT2D eigenvalue weighted by atomic mass is 14.3. The summed E-state index contributed by atoms with van der Waals surface area (Å²) < 4.78 is 0. The fourth-order valence-corrected chi connectivity index (χ4v) is 8.46. The van der Waals surface area contributed by atoms with Crippen LogP contribution in [0.3, 0.4) is 0 Å². The minimum Gasteiger partial charge on any atom is -0.0991 e. The molecule has 0 amide bonds. The number of allylic oxidation sites excluding steroid dienone is 13. The van der Waals surface area contributed by atoms with Crippen LogP contribution in [-0.2, 0) is 6.42 Å². The van der Waals surface area contributed by atoms with Crippen molar-refractivity contribution in [3.63, 3.8) is 0 Å². The molecule has 0 radical (unpaired) electrons. The monoisotopic (exact) mass is 694 g/mol. The van der Waals surface area contributed by atoms with E-state index in [9.17, 15) is 0 Å². The number of fused-ring (bicyclic) bond motifs is 5. The topological polar surface area (TPSA) is 0 Å². The van der Waals surface area contributed by atoms with Crippen molar-refractivity contribution in [3.8, 4) is 22.3 Å². The van der Waals surface area contributed by atoms with Crippen molar-refractivity contribution in [1.82, 2.24) is 0 Å². The van der Waals surface area contributed by atoms with Gasteiger partial charge in [0.2, 0.25) is 0 Å². The molecule has 0 N–H and O–H groups in total. The first-order valence-corrected chi connectivity index (χ1v) is 19.3. The van der Waals surface area contributed by atoms with Crippen LogP contribution >= 0.6 is 0 Å². The lowest BCUT2D eigenvalue weighted by molar-refractivity contribution is 0.998. The third kappa shape index (κ3) is 6.39. The Morgan fingerprint density at radius 2 is 1.19 bits per heavy atom. The summed E-state index contributed by atoms with van der Waals surface area (Å²) in [6, 6.07) is 41.0. The molecule has 0 unspecified atom stereocenters. The van der Waals surface area contributed by atoms with Gasteiger partial charge in [-0.15, -0.1) is 0 Å². The second kappa shape index (κ2) is 15.4. The van der Waals surface area contributed by atoms with Gasteiger partial charge in [-0.25, -0.2) is 0 Å². The Kier molecular flexibility index (Phi) is 9.93. The van der Waals surface area contributed by atoms with Gasteiger partial charge < -0.3 is 0 Å². The van der Waals surface area contributed by atoms with E-state index in [1.807, 2.05) is 18.2 Å². The summed E-state index contributed by atoms with van der Waals surface area (Å²) in [4.78, 5) is 0. The molecule has 8 rings (SSSR count). The van der Waals surface area contributed by atoms with Crippen LogP contribution in [-0.4, -0.2) is 0 Å². The highest BCUT2D eigenvalue weighted by Gasteiger charge is 2.22. The van der Waals surface area contributed by atoms with Crippen LogP contribution in [0.2, 0.25) is 0 Å². The molecule has 0 heterocycles. The summed E-state index contributed by atoms with van der Waals surface area (Å²) >= 11 is 0. The molecule has 0 aliphatic heterocycles. The Labute approximate surface area is 320 Å². The third-order valence-electron chi connectivity index (χ3n) is 11.1. The largest absolute Gasteiger partial charge is 0.0991 e. The van der Waals surface area contributed by atoms with E-state index in [1.54, 1.807) is 0 Å². The normalized spacial score (nSPS) is 14.6. The molecule has 54 heavy (non-hydrogen) atoms. The molecule has 6 aromatic carbocycles. The molecule has 0 saturated carbocycles. The van der Waals surface area contributed by atoms with Gasteiger partial charge >= 0.3 is 0 Å². The fraction of sp³-hybridized carbons (Fsp3) is 0.111. The van der Waals surface area contributed by atoms with Crippen LogP contribution in [0.1, 0.15) is 66.5 Å². The SMILES string of the molecule is C=C/C=C\C(=C/C)c1ccc(-c2ccccc2-c2cc3c(cc(C4=CCCC=C4c4ccc(/C(C=C)=C/C)cc4)c4ccccc43)c3c2C=CCC3)cc1. The number of benzene rings is 6. The second-order valence-corrected chi connectivity index (χ2v) is 14.1. The molecule has 0 heteroatoms. The molecule has 0 saturated heterocycles. The molecule has 0 fully saturated rings. The lowest BCUT2D eigenvalue weighted by atomic mass is 9.79. The first-order valence-electron chi connectivity index (χ1n) is 19.3. The van der Waals surface area contributed by atoms with E-state index < -0.39 is 0 Å². The molecular weight excluding hydrogens is 649 g/mol. The van der Waals surface area contributed by atoms with Gasteiger partial charge in [-0.1, -0.05) is 171 Å². The summed E-state index contributed by atoms with van der Waals surface area (Å²) in [6.07, 6.45) is 25.9. The Hall–Kier alpha value is -6.24. The molecule has 2 aliphatic rings. The number of hydrogen-bond acceptors (Lipinski definition) is 0. The third-order valence-corrected chi connectivity index (χ3v) is 11.1. The molecular formula is C54H46. The van der Waals surface area contributed by atoms with Gasteiger partial charge in [0.1, 0.15) is 0 Å². The number of hydrogen-bond donors (Lipinski definition) is 0. The second-order valence-electron chi connectivity index (χ2n) is 14.1. The maximum absolute atomic E-state index is 4.02. The highest BCUT2D eigenvalue weighted by molar-refractivity contribution is 6.19. The number of aryl methyl sites for hydroxylation is 1. The summed E-state index contributed by atoms with van der Waals surface area (Å²) in [6.45, 7) is 12.0. The van der Waals surface area contributed by atoms with Gasteiger partial charge in [-0.3, -0.25) is 0 Å². The van der Waals surface area contributed by atoms with Crippen LogP contribution in [0.25, 0.3) is 72.2 Å². The zero-order chi connectivity index (χ0) is 37.0. The first kappa shape index (κ1) is 34.8. The Bertz CT molecular complexity index is 2610. The molecule has 6 aromatic rings. The van der Waals surface area contributed by atoms with Crippen LogP contribution in [0.4, 0.5) is 0 Å². The van der Waals surface area contributed by atoms with Crippen LogP contribution < -0.4 is 0 Å². The Balaban J connectivity index is 1.28. The predicted octanol–water partition coefficient (Wildman–Crippen LogP) is 15.3. The van der Waals surface area contributed by atoms with E-state index >= 15 is 0 Å². The van der Waals surface area contributed by atoms with Crippen LogP contribution in [0.15, 0.2) is 177 Å². The summed E-state index contributed by atoms with van der Waals surface area (Å²) in [5.74, 6) is 0. The fourth-order valence-electron chi connectivity index (χ4n) is 8.46. The summed E-state index contributed by atoms with van der Waals surface area (Å²) in [7, 11) is 0. The average Bonchev–Trinajstić information content (AvgIpc) is 3.24. The summed E-state index contributed by atoms with van der Waals surface area (Å²) in [5.41, 5.74) is 17.8. The van der Waals surface area contributed by atoms with Gasteiger partial charge in [0.25, 0.3) is 0 Å². The molecule has 262 valence electrons. The van der Waals surface area contributed by atoms with Crippen molar-refractivity contribution >= 4 is 49.9 Å². The maximum atomic E-state index is 4.02. The van der Waals surface area contributed by atoms with E-state index in [2.05, 4.69) is 179 Å². The van der Waals surface area contributed by atoms with Gasteiger partial charge in [0, 0.05) is 0 Å². The van der Waals surface area contributed by atoms with Crippen molar-refractivity contribution in [2.45, 2.75) is 39.5 Å². The van der Waals surface area contributed by atoms with Gasteiger partial charge in [0.15, 0.2) is 0 Å². The van der Waals surface area contributed by atoms with Crippen LogP contribution in [0, 0.1) is 0 Å². The highest BCUT2D eigenvalue weighted by Crippen LogP contribution is 2.46. The van der Waals surface area contributed by atoms with Crippen molar-refractivity contribution in [1.29, 1.82) is 0 Å². The number of rotatable bonds is 9. The molecule has 2 aliphatic carbocycles. The minimum absolute atomic E-state index is 1.02. The zero-order valence-corrected chi connectivity index (χ0v) is 31.4. The van der Waals surface area contributed by atoms with Crippen molar-refractivity contribution in [2.75, 3.05) is 0 Å². The van der Waals surface area contributed by atoms with E-state index in [0.717, 1.165) is 31.3 Å². The van der Waals surface area contributed by atoms with Crippen molar-refractivity contribution < 1.29 is 0 Å².